The van der Waals surface area contributed by atoms with E-state index in [4.69, 9.17) is 14.5 Å². The molecule has 1 saturated heterocycles. The van der Waals surface area contributed by atoms with E-state index in [0.29, 0.717) is 49.3 Å². The SMILES string of the molecule is COc1cc(N2CCC(C)(OC)CC2)c(-c2c[nH]n(C)c2=O)cc1Nc1ncc(Br)c(Nc2ccc3nccnc3c2P(C)(C)=O)n1. The predicted octanol–water partition coefficient (Wildman–Crippen LogP) is 5.63. The summed E-state index contributed by atoms with van der Waals surface area (Å²) in [7, 11) is 2.25. The number of H-pyrrole nitrogens is 1. The first kappa shape index (κ1) is 32.7. The van der Waals surface area contributed by atoms with Crippen LogP contribution in [0, 0.1) is 0 Å². The molecule has 0 radical (unpaired) electrons. The van der Waals surface area contributed by atoms with Gasteiger partial charge in [-0.25, -0.2) is 4.98 Å². The molecule has 6 rings (SSSR count). The first-order chi connectivity index (χ1) is 22.4. The molecule has 13 nitrogen and oxygen atoms in total. The van der Waals surface area contributed by atoms with Crippen LogP contribution in [0.1, 0.15) is 19.8 Å². The van der Waals surface area contributed by atoms with Crippen LogP contribution in [0.15, 0.2) is 58.3 Å². The van der Waals surface area contributed by atoms with Gasteiger partial charge in [0.25, 0.3) is 5.56 Å². The first-order valence-electron chi connectivity index (χ1n) is 15.0. The highest BCUT2D eigenvalue weighted by Crippen LogP contribution is 2.43. The molecule has 1 aliphatic rings. The summed E-state index contributed by atoms with van der Waals surface area (Å²) in [5, 5.41) is 10.2. The number of aryl methyl sites for hydroxylation is 1. The molecule has 0 atom stereocenters. The number of nitrogens with one attached hydrogen (secondary N) is 3. The topological polar surface area (TPSA) is 152 Å². The Hall–Kier alpha value is -4.26. The molecule has 1 fully saturated rings. The molecule has 0 saturated carbocycles. The van der Waals surface area contributed by atoms with Gasteiger partial charge in [0, 0.05) is 69.4 Å². The van der Waals surface area contributed by atoms with Crippen molar-refractivity contribution in [2.24, 2.45) is 7.05 Å². The van der Waals surface area contributed by atoms with Crippen molar-refractivity contribution < 1.29 is 14.0 Å². The van der Waals surface area contributed by atoms with Gasteiger partial charge in [-0.3, -0.25) is 19.4 Å². The molecule has 15 heteroatoms. The lowest BCUT2D eigenvalue weighted by Crippen LogP contribution is -2.43. The predicted molar refractivity (Wildman–Crippen MR) is 190 cm³/mol. The Balaban J connectivity index is 1.39. The Kier molecular flexibility index (Phi) is 8.86. The van der Waals surface area contributed by atoms with Gasteiger partial charge in [-0.1, -0.05) is 0 Å². The number of piperidine rings is 1. The summed E-state index contributed by atoms with van der Waals surface area (Å²) >= 11 is 3.55. The molecular formula is C32H37BrN9O4P. The maximum atomic E-state index is 13.5. The average Bonchev–Trinajstić information content (AvgIpc) is 3.39. The minimum Gasteiger partial charge on any atom is -0.494 e. The van der Waals surface area contributed by atoms with Crippen molar-refractivity contribution in [2.75, 3.05) is 56.2 Å². The largest absolute Gasteiger partial charge is 0.494 e. The number of halogens is 1. The molecule has 2 aromatic carbocycles. The number of aromatic amines is 1. The summed E-state index contributed by atoms with van der Waals surface area (Å²) < 4.78 is 27.1. The third-order valence-corrected chi connectivity index (χ3v) is 10.7. The van der Waals surface area contributed by atoms with E-state index in [1.165, 1.54) is 4.68 Å². The van der Waals surface area contributed by atoms with E-state index >= 15 is 0 Å². The monoisotopic (exact) mass is 721 g/mol. The van der Waals surface area contributed by atoms with E-state index < -0.39 is 7.14 Å². The molecule has 0 amide bonds. The Morgan fingerprint density at radius 3 is 2.43 bits per heavy atom. The summed E-state index contributed by atoms with van der Waals surface area (Å²) in [6, 6.07) is 7.50. The lowest BCUT2D eigenvalue weighted by atomic mass is 9.92. The molecular weight excluding hydrogens is 685 g/mol. The van der Waals surface area contributed by atoms with Gasteiger partial charge in [0.15, 0.2) is 0 Å². The number of aromatic nitrogens is 6. The van der Waals surface area contributed by atoms with Crippen LogP contribution in [0.2, 0.25) is 0 Å². The van der Waals surface area contributed by atoms with Crippen LogP contribution < -0.4 is 31.1 Å². The fourth-order valence-corrected chi connectivity index (χ4v) is 7.51. The zero-order valence-electron chi connectivity index (χ0n) is 27.1. The minimum absolute atomic E-state index is 0.146. The van der Waals surface area contributed by atoms with Crippen molar-refractivity contribution in [2.45, 2.75) is 25.4 Å². The lowest BCUT2D eigenvalue weighted by Gasteiger charge is -2.40. The molecule has 0 unspecified atom stereocenters. The van der Waals surface area contributed by atoms with Crippen molar-refractivity contribution >= 4 is 68.2 Å². The number of benzene rings is 2. The molecule has 1 aliphatic heterocycles. The number of hydrogen-bond donors (Lipinski definition) is 3. The molecule has 5 aromatic rings. The molecule has 47 heavy (non-hydrogen) atoms. The van der Waals surface area contributed by atoms with Crippen molar-refractivity contribution in [3.05, 3.63) is 63.9 Å². The summed E-state index contributed by atoms with van der Waals surface area (Å²) in [5.41, 5.74) is 4.24. The van der Waals surface area contributed by atoms with E-state index in [-0.39, 0.29) is 17.1 Å². The summed E-state index contributed by atoms with van der Waals surface area (Å²) in [4.78, 5) is 33.5. The summed E-state index contributed by atoms with van der Waals surface area (Å²) in [6.07, 6.45) is 8.22. The molecule has 3 aromatic heterocycles. The Morgan fingerprint density at radius 1 is 1.02 bits per heavy atom. The summed E-state index contributed by atoms with van der Waals surface area (Å²) in [6.45, 7) is 7.05. The molecule has 0 aliphatic carbocycles. The van der Waals surface area contributed by atoms with Gasteiger partial charge in [0.2, 0.25) is 5.95 Å². The van der Waals surface area contributed by atoms with Crippen molar-refractivity contribution in [3.63, 3.8) is 0 Å². The van der Waals surface area contributed by atoms with Gasteiger partial charge in [0.05, 0.1) is 44.9 Å². The van der Waals surface area contributed by atoms with Gasteiger partial charge in [0.1, 0.15) is 24.2 Å². The minimum atomic E-state index is -2.79. The van der Waals surface area contributed by atoms with Crippen molar-refractivity contribution in [3.8, 4) is 16.9 Å². The van der Waals surface area contributed by atoms with E-state index in [2.05, 4.69) is 58.4 Å². The Morgan fingerprint density at radius 2 is 1.77 bits per heavy atom. The van der Waals surface area contributed by atoms with Crippen LogP contribution in [0.4, 0.5) is 28.8 Å². The third-order valence-electron chi connectivity index (χ3n) is 8.60. The third kappa shape index (κ3) is 6.50. The van der Waals surface area contributed by atoms with E-state index in [1.807, 2.05) is 24.3 Å². The molecule has 0 bridgehead atoms. The molecule has 4 heterocycles. The average molecular weight is 723 g/mol. The van der Waals surface area contributed by atoms with Crippen LogP contribution >= 0.6 is 23.1 Å². The van der Waals surface area contributed by atoms with Gasteiger partial charge >= 0.3 is 0 Å². The smallest absolute Gasteiger partial charge is 0.274 e. The van der Waals surface area contributed by atoms with E-state index in [9.17, 15) is 9.36 Å². The Labute approximate surface area is 280 Å². The van der Waals surface area contributed by atoms with Crippen LogP contribution in [-0.2, 0) is 16.3 Å². The van der Waals surface area contributed by atoms with E-state index in [0.717, 1.165) is 37.2 Å². The van der Waals surface area contributed by atoms with E-state index in [1.54, 1.807) is 59.4 Å². The van der Waals surface area contributed by atoms with Crippen molar-refractivity contribution in [1.82, 2.24) is 29.7 Å². The summed E-state index contributed by atoms with van der Waals surface area (Å²) in [5.74, 6) is 1.29. The van der Waals surface area contributed by atoms with Crippen LogP contribution in [0.5, 0.6) is 5.75 Å². The highest BCUT2D eigenvalue weighted by molar-refractivity contribution is 9.10. The van der Waals surface area contributed by atoms with Crippen LogP contribution in [0.25, 0.3) is 22.2 Å². The van der Waals surface area contributed by atoms with Crippen molar-refractivity contribution in [1.29, 1.82) is 0 Å². The molecule has 3 N–H and O–H groups in total. The first-order valence-corrected chi connectivity index (χ1v) is 18.4. The maximum absolute atomic E-state index is 13.5. The fourth-order valence-electron chi connectivity index (χ4n) is 5.82. The normalized spacial score (nSPS) is 14.7. The maximum Gasteiger partial charge on any atom is 0.274 e. The highest BCUT2D eigenvalue weighted by atomic mass is 79.9. The zero-order valence-corrected chi connectivity index (χ0v) is 29.6. The second kappa shape index (κ2) is 12.7. The second-order valence-corrected chi connectivity index (χ2v) is 16.1. The second-order valence-electron chi connectivity index (χ2n) is 12.1. The van der Waals surface area contributed by atoms with Gasteiger partial charge in [-0.05, 0) is 67.2 Å². The number of ether oxygens (including phenoxy) is 2. The van der Waals surface area contributed by atoms with Crippen LogP contribution in [0.3, 0.4) is 0 Å². The number of anilines is 5. The quantitative estimate of drug-likeness (QED) is 0.163. The lowest BCUT2D eigenvalue weighted by molar-refractivity contribution is -0.0132. The number of rotatable bonds is 9. The number of hydrogen-bond acceptors (Lipinski definition) is 11. The van der Waals surface area contributed by atoms with Gasteiger partial charge < -0.3 is 34.7 Å². The molecule has 0 spiro atoms. The van der Waals surface area contributed by atoms with Gasteiger partial charge in [-0.2, -0.15) is 4.98 Å². The molecule has 246 valence electrons. The standard InChI is InChI=1S/C32H37BrN9O4P/c1-32(46-4)9-13-42(14-10-32)25-16-26(45-3)24(15-19(25)20-17-37-41(2)30(20)43)39-31-36-18-21(33)29(40-31)38-23-8-7-22-27(35-12-11-34-22)28(23)47(5,6)44/h7-8,11-12,15-18,37H,9-10,13-14H2,1-6H3,(H2,36,38,39,40). The fraction of sp³-hybridized carbons (Fsp3) is 0.344. The highest BCUT2D eigenvalue weighted by Gasteiger charge is 2.32. The van der Waals surface area contributed by atoms with Crippen LogP contribution in [-0.4, -0.2) is 76.0 Å². The number of nitrogens with zero attached hydrogens (tertiary/aromatic N) is 6. The number of methoxy groups -OCH3 is 2. The Bertz CT molecular complexity index is 2070. The zero-order chi connectivity index (χ0) is 33.5. The number of fused-ring (bicyclic) bond motifs is 1. The van der Waals surface area contributed by atoms with Gasteiger partial charge in [-0.15, -0.1) is 0 Å².